The Morgan fingerprint density at radius 3 is 2.67 bits per heavy atom. The highest BCUT2D eigenvalue weighted by atomic mass is 35.5. The number of halogens is 1. The zero-order valence-electron chi connectivity index (χ0n) is 9.56. The molecule has 0 saturated carbocycles. The molecule has 0 atom stereocenters. The van der Waals surface area contributed by atoms with Crippen molar-refractivity contribution in [2.45, 2.75) is 6.54 Å². The Kier molecular flexibility index (Phi) is 4.15. The van der Waals surface area contributed by atoms with Crippen LogP contribution in [0.25, 0.3) is 0 Å². The topological polar surface area (TPSA) is 54.0 Å². The monoisotopic (exact) mass is 261 g/mol. The van der Waals surface area contributed by atoms with E-state index in [-0.39, 0.29) is 6.03 Å². The number of benzene rings is 1. The second-order valence-electron chi connectivity index (χ2n) is 3.61. The Morgan fingerprint density at radius 1 is 1.17 bits per heavy atom. The van der Waals surface area contributed by atoms with E-state index in [0.29, 0.717) is 17.4 Å². The molecular formula is C13H12ClN3O. The van der Waals surface area contributed by atoms with Gasteiger partial charge in [0, 0.05) is 17.8 Å². The molecule has 0 unspecified atom stereocenters. The second kappa shape index (κ2) is 6.02. The van der Waals surface area contributed by atoms with Gasteiger partial charge in [-0.25, -0.2) is 9.78 Å². The summed E-state index contributed by atoms with van der Waals surface area (Å²) in [6.45, 7) is 0.373. The van der Waals surface area contributed by atoms with Gasteiger partial charge in [-0.1, -0.05) is 35.9 Å². The number of nitrogens with zero attached hydrogens (tertiary/aromatic N) is 1. The van der Waals surface area contributed by atoms with Gasteiger partial charge in [0.2, 0.25) is 0 Å². The van der Waals surface area contributed by atoms with Crippen LogP contribution in [0.1, 0.15) is 5.56 Å². The van der Waals surface area contributed by atoms with E-state index in [0.717, 1.165) is 5.56 Å². The number of carbonyl (C=O) groups excluding carboxylic acids is 1. The van der Waals surface area contributed by atoms with Crippen molar-refractivity contribution in [1.82, 2.24) is 10.3 Å². The molecule has 0 bridgehead atoms. The van der Waals surface area contributed by atoms with Crippen molar-refractivity contribution in [1.29, 1.82) is 0 Å². The lowest BCUT2D eigenvalue weighted by Crippen LogP contribution is -2.28. The first-order chi connectivity index (χ1) is 8.75. The molecule has 5 heteroatoms. The number of rotatable bonds is 3. The Morgan fingerprint density at radius 2 is 1.94 bits per heavy atom. The minimum absolute atomic E-state index is 0.311. The first kappa shape index (κ1) is 12.4. The molecule has 2 N–H and O–H groups in total. The van der Waals surface area contributed by atoms with Crippen molar-refractivity contribution in [3.8, 4) is 0 Å². The summed E-state index contributed by atoms with van der Waals surface area (Å²) in [6.07, 6.45) is 1.61. The fraction of sp³-hybridized carbons (Fsp3) is 0.0769. The maximum atomic E-state index is 11.6. The van der Waals surface area contributed by atoms with Crippen molar-refractivity contribution in [3.05, 3.63) is 59.2 Å². The van der Waals surface area contributed by atoms with Crippen LogP contribution < -0.4 is 10.6 Å². The van der Waals surface area contributed by atoms with Gasteiger partial charge in [0.25, 0.3) is 0 Å². The predicted molar refractivity (Wildman–Crippen MR) is 71.5 cm³/mol. The van der Waals surface area contributed by atoms with Gasteiger partial charge in [-0.15, -0.1) is 0 Å². The lowest BCUT2D eigenvalue weighted by Gasteiger charge is -2.07. The summed E-state index contributed by atoms with van der Waals surface area (Å²) in [5, 5.41) is 5.98. The summed E-state index contributed by atoms with van der Waals surface area (Å²) in [7, 11) is 0. The van der Waals surface area contributed by atoms with E-state index in [9.17, 15) is 4.79 Å². The van der Waals surface area contributed by atoms with Crippen LogP contribution in [-0.2, 0) is 6.54 Å². The zero-order chi connectivity index (χ0) is 12.8. The first-order valence-electron chi connectivity index (χ1n) is 5.45. The minimum atomic E-state index is -0.311. The van der Waals surface area contributed by atoms with Gasteiger partial charge >= 0.3 is 6.03 Å². The third-order valence-corrected chi connectivity index (χ3v) is 2.67. The summed E-state index contributed by atoms with van der Waals surface area (Å²) in [5.74, 6) is 0.508. The van der Waals surface area contributed by atoms with E-state index in [2.05, 4.69) is 15.6 Å². The number of aromatic nitrogens is 1. The first-order valence-corrected chi connectivity index (χ1v) is 5.83. The number of hydrogen-bond acceptors (Lipinski definition) is 2. The number of hydrogen-bond donors (Lipinski definition) is 2. The molecule has 2 aromatic rings. The highest BCUT2D eigenvalue weighted by molar-refractivity contribution is 6.31. The van der Waals surface area contributed by atoms with E-state index in [1.54, 1.807) is 30.5 Å². The molecule has 2 rings (SSSR count). The smallest absolute Gasteiger partial charge is 0.320 e. The molecule has 2 amide bonds. The number of carbonyl (C=O) groups is 1. The molecule has 1 aromatic heterocycles. The molecular weight excluding hydrogens is 250 g/mol. The molecule has 0 aliphatic rings. The third-order valence-electron chi connectivity index (χ3n) is 2.30. The van der Waals surface area contributed by atoms with Crippen molar-refractivity contribution >= 4 is 23.4 Å². The minimum Gasteiger partial charge on any atom is -0.334 e. The summed E-state index contributed by atoms with van der Waals surface area (Å²) in [4.78, 5) is 15.6. The van der Waals surface area contributed by atoms with Gasteiger partial charge in [-0.2, -0.15) is 0 Å². The van der Waals surface area contributed by atoms with Crippen molar-refractivity contribution in [2.75, 3.05) is 5.32 Å². The van der Waals surface area contributed by atoms with Crippen molar-refractivity contribution in [2.24, 2.45) is 0 Å². The van der Waals surface area contributed by atoms with Crippen LogP contribution in [0.4, 0.5) is 10.6 Å². The van der Waals surface area contributed by atoms with Crippen LogP contribution in [-0.4, -0.2) is 11.0 Å². The van der Waals surface area contributed by atoms with Gasteiger partial charge in [0.1, 0.15) is 5.82 Å². The molecule has 0 spiro atoms. The summed E-state index contributed by atoms with van der Waals surface area (Å²) in [6, 6.07) is 12.4. The Hall–Kier alpha value is -2.07. The highest BCUT2D eigenvalue weighted by Crippen LogP contribution is 2.14. The summed E-state index contributed by atoms with van der Waals surface area (Å²) >= 11 is 5.98. The van der Waals surface area contributed by atoms with Crippen LogP contribution in [0.5, 0.6) is 0 Å². The van der Waals surface area contributed by atoms with Crippen molar-refractivity contribution < 1.29 is 4.79 Å². The Balaban J connectivity index is 1.88. The molecule has 18 heavy (non-hydrogen) atoms. The van der Waals surface area contributed by atoms with Gasteiger partial charge in [-0.05, 0) is 23.8 Å². The largest absolute Gasteiger partial charge is 0.334 e. The van der Waals surface area contributed by atoms with Crippen LogP contribution in [0.3, 0.4) is 0 Å². The normalized spacial score (nSPS) is 9.83. The van der Waals surface area contributed by atoms with E-state index < -0.39 is 0 Å². The Labute approximate surface area is 110 Å². The number of nitrogens with one attached hydrogen (secondary N) is 2. The predicted octanol–water partition coefficient (Wildman–Crippen LogP) is 3.06. The lowest BCUT2D eigenvalue weighted by molar-refractivity contribution is 0.251. The molecule has 0 aliphatic carbocycles. The highest BCUT2D eigenvalue weighted by Gasteiger charge is 2.03. The molecule has 0 saturated heterocycles. The molecule has 0 radical (unpaired) electrons. The number of amides is 2. The molecule has 92 valence electrons. The van der Waals surface area contributed by atoms with Crippen LogP contribution in [0, 0.1) is 0 Å². The Bertz CT molecular complexity index is 531. The zero-order valence-corrected chi connectivity index (χ0v) is 10.3. The number of urea groups is 1. The molecule has 0 aliphatic heterocycles. The maximum absolute atomic E-state index is 11.6. The number of anilines is 1. The maximum Gasteiger partial charge on any atom is 0.320 e. The van der Waals surface area contributed by atoms with Crippen molar-refractivity contribution in [3.63, 3.8) is 0 Å². The quantitative estimate of drug-likeness (QED) is 0.892. The standard InChI is InChI=1S/C13H12ClN3O/c14-11-6-2-1-5-10(11)9-16-13(18)17-12-7-3-4-8-15-12/h1-8H,9H2,(H2,15,16,17,18). The molecule has 1 heterocycles. The van der Waals surface area contributed by atoms with E-state index in [1.165, 1.54) is 0 Å². The SMILES string of the molecule is O=C(NCc1ccccc1Cl)Nc1ccccn1. The van der Waals surface area contributed by atoms with Gasteiger partial charge < -0.3 is 5.32 Å². The number of pyridine rings is 1. The fourth-order valence-corrected chi connectivity index (χ4v) is 1.62. The van der Waals surface area contributed by atoms with Crippen LogP contribution >= 0.6 is 11.6 Å². The summed E-state index contributed by atoms with van der Waals surface area (Å²) in [5.41, 5.74) is 0.871. The average molecular weight is 262 g/mol. The molecule has 1 aromatic carbocycles. The van der Waals surface area contributed by atoms with Gasteiger partial charge in [-0.3, -0.25) is 5.32 Å². The van der Waals surface area contributed by atoms with E-state index >= 15 is 0 Å². The fourth-order valence-electron chi connectivity index (χ4n) is 1.41. The third kappa shape index (κ3) is 3.46. The molecule has 4 nitrogen and oxygen atoms in total. The second-order valence-corrected chi connectivity index (χ2v) is 4.02. The van der Waals surface area contributed by atoms with Crippen LogP contribution in [0.2, 0.25) is 5.02 Å². The van der Waals surface area contributed by atoms with E-state index in [1.807, 2.05) is 18.2 Å². The average Bonchev–Trinajstić information content (AvgIpc) is 2.39. The van der Waals surface area contributed by atoms with Gasteiger partial charge in [0.15, 0.2) is 0 Å². The lowest BCUT2D eigenvalue weighted by atomic mass is 10.2. The molecule has 0 fully saturated rings. The summed E-state index contributed by atoms with van der Waals surface area (Å²) < 4.78 is 0. The van der Waals surface area contributed by atoms with Crippen LogP contribution in [0.15, 0.2) is 48.7 Å². The van der Waals surface area contributed by atoms with Gasteiger partial charge in [0.05, 0.1) is 0 Å². The van der Waals surface area contributed by atoms with E-state index in [4.69, 9.17) is 11.6 Å².